The number of carbonyl (C=O) groups excluding carboxylic acids is 1. The summed E-state index contributed by atoms with van der Waals surface area (Å²) in [5.74, 6) is 0.00866. The predicted molar refractivity (Wildman–Crippen MR) is 51.5 cm³/mol. The highest BCUT2D eigenvalue weighted by atomic mass is 127. The van der Waals surface area contributed by atoms with Crippen LogP contribution in [0.2, 0.25) is 0 Å². The third-order valence-corrected chi connectivity index (χ3v) is 2.13. The molecule has 1 atom stereocenters. The van der Waals surface area contributed by atoms with Crippen molar-refractivity contribution in [3.05, 3.63) is 22.3 Å². The first-order valence-corrected chi connectivity index (χ1v) is 4.60. The van der Waals surface area contributed by atoms with Crippen LogP contribution in [-0.4, -0.2) is 16.5 Å². The van der Waals surface area contributed by atoms with E-state index in [1.165, 1.54) is 6.08 Å². The maximum atomic E-state index is 10.7. The standard InChI is InChI=1S/C8H9IO2/c9-5-1-3-8(11)4-2-7(10)6-8/h1-2,4-5,11H,3,6H2/b5-1+/t8-/m0/s1. The van der Waals surface area contributed by atoms with Gasteiger partial charge in [0.25, 0.3) is 0 Å². The first-order valence-electron chi connectivity index (χ1n) is 3.36. The average Bonchev–Trinajstić information content (AvgIpc) is 2.28. The van der Waals surface area contributed by atoms with E-state index in [-0.39, 0.29) is 12.2 Å². The van der Waals surface area contributed by atoms with Gasteiger partial charge in [0, 0.05) is 6.42 Å². The number of carbonyl (C=O) groups is 1. The van der Waals surface area contributed by atoms with Gasteiger partial charge in [-0.3, -0.25) is 4.79 Å². The van der Waals surface area contributed by atoms with Crippen LogP contribution in [0, 0.1) is 0 Å². The summed E-state index contributed by atoms with van der Waals surface area (Å²) in [6.45, 7) is 0. The molecular formula is C8H9IO2. The number of hydrogen-bond donors (Lipinski definition) is 1. The van der Waals surface area contributed by atoms with Crippen LogP contribution in [0.5, 0.6) is 0 Å². The van der Waals surface area contributed by atoms with E-state index < -0.39 is 5.60 Å². The second kappa shape index (κ2) is 3.49. The second-order valence-corrected chi connectivity index (χ2v) is 3.36. The third kappa shape index (κ3) is 2.41. The summed E-state index contributed by atoms with van der Waals surface area (Å²) >= 11 is 2.09. The zero-order chi connectivity index (χ0) is 8.32. The number of hydrogen-bond acceptors (Lipinski definition) is 2. The molecule has 0 spiro atoms. The maximum Gasteiger partial charge on any atom is 0.158 e. The van der Waals surface area contributed by atoms with Gasteiger partial charge in [-0.05, 0) is 22.7 Å². The molecule has 0 bridgehead atoms. The Bertz CT molecular complexity index is 220. The van der Waals surface area contributed by atoms with Crippen LogP contribution in [-0.2, 0) is 4.79 Å². The average molecular weight is 264 g/mol. The molecule has 11 heavy (non-hydrogen) atoms. The molecule has 0 aromatic carbocycles. The second-order valence-electron chi connectivity index (χ2n) is 2.65. The molecule has 0 fully saturated rings. The van der Waals surface area contributed by atoms with Crippen molar-refractivity contribution < 1.29 is 9.90 Å². The minimum Gasteiger partial charge on any atom is -0.385 e. The van der Waals surface area contributed by atoms with E-state index in [0.717, 1.165) is 0 Å². The molecule has 1 N–H and O–H groups in total. The van der Waals surface area contributed by atoms with Crippen molar-refractivity contribution in [1.82, 2.24) is 0 Å². The summed E-state index contributed by atoms with van der Waals surface area (Å²) in [6.07, 6.45) is 5.63. The van der Waals surface area contributed by atoms with Crippen molar-refractivity contribution in [3.63, 3.8) is 0 Å². The fourth-order valence-electron chi connectivity index (χ4n) is 1.06. The molecule has 0 saturated carbocycles. The molecular weight excluding hydrogens is 255 g/mol. The molecule has 1 rings (SSSR count). The Hall–Kier alpha value is -0.160. The van der Waals surface area contributed by atoms with Gasteiger partial charge in [-0.25, -0.2) is 0 Å². The SMILES string of the molecule is O=C1C=C[C@@](O)(C/C=C/I)C1. The number of rotatable bonds is 2. The van der Waals surface area contributed by atoms with Crippen LogP contribution in [0.1, 0.15) is 12.8 Å². The highest BCUT2D eigenvalue weighted by molar-refractivity contribution is 14.1. The van der Waals surface area contributed by atoms with Gasteiger partial charge in [0.2, 0.25) is 0 Å². The van der Waals surface area contributed by atoms with Crippen LogP contribution < -0.4 is 0 Å². The van der Waals surface area contributed by atoms with Crippen molar-refractivity contribution in [3.8, 4) is 0 Å². The first kappa shape index (κ1) is 8.93. The number of aliphatic hydroxyl groups is 1. The van der Waals surface area contributed by atoms with Crippen molar-refractivity contribution in [2.45, 2.75) is 18.4 Å². The number of allylic oxidation sites excluding steroid dienone is 1. The fraction of sp³-hybridized carbons (Fsp3) is 0.375. The summed E-state index contributed by atoms with van der Waals surface area (Å²) in [4.78, 5) is 10.7. The molecule has 60 valence electrons. The van der Waals surface area contributed by atoms with Gasteiger partial charge in [0.1, 0.15) is 0 Å². The summed E-state index contributed by atoms with van der Waals surface area (Å²) in [7, 11) is 0. The monoisotopic (exact) mass is 264 g/mol. The lowest BCUT2D eigenvalue weighted by Crippen LogP contribution is -2.23. The molecule has 0 aromatic heterocycles. The minimum absolute atomic E-state index is 0.00866. The zero-order valence-electron chi connectivity index (χ0n) is 5.96. The van der Waals surface area contributed by atoms with E-state index in [1.54, 1.807) is 6.08 Å². The zero-order valence-corrected chi connectivity index (χ0v) is 8.11. The van der Waals surface area contributed by atoms with E-state index in [0.29, 0.717) is 6.42 Å². The van der Waals surface area contributed by atoms with Crippen LogP contribution in [0.4, 0.5) is 0 Å². The van der Waals surface area contributed by atoms with Gasteiger partial charge in [0.05, 0.1) is 5.60 Å². The highest BCUT2D eigenvalue weighted by Gasteiger charge is 2.29. The Kier molecular flexibility index (Phi) is 2.84. The Morgan fingerprint density at radius 2 is 2.55 bits per heavy atom. The topological polar surface area (TPSA) is 37.3 Å². The minimum atomic E-state index is -0.904. The molecule has 1 aliphatic carbocycles. The lowest BCUT2D eigenvalue weighted by molar-refractivity contribution is -0.116. The Morgan fingerprint density at radius 3 is 3.00 bits per heavy atom. The van der Waals surface area contributed by atoms with Crippen LogP contribution in [0.3, 0.4) is 0 Å². The molecule has 0 unspecified atom stereocenters. The summed E-state index contributed by atoms with van der Waals surface area (Å²) in [5.41, 5.74) is -0.904. The summed E-state index contributed by atoms with van der Waals surface area (Å²) in [5, 5.41) is 9.63. The highest BCUT2D eigenvalue weighted by Crippen LogP contribution is 2.24. The third-order valence-electron chi connectivity index (χ3n) is 1.62. The van der Waals surface area contributed by atoms with Gasteiger partial charge in [-0.1, -0.05) is 28.7 Å². The molecule has 0 aliphatic heterocycles. The normalized spacial score (nSPS) is 30.5. The van der Waals surface area contributed by atoms with Crippen LogP contribution in [0.25, 0.3) is 0 Å². The molecule has 0 heterocycles. The van der Waals surface area contributed by atoms with E-state index in [2.05, 4.69) is 22.6 Å². The van der Waals surface area contributed by atoms with Crippen molar-refractivity contribution in [1.29, 1.82) is 0 Å². The number of ketones is 1. The molecule has 1 aliphatic rings. The fourth-order valence-corrected chi connectivity index (χ4v) is 1.31. The van der Waals surface area contributed by atoms with E-state index in [9.17, 15) is 9.90 Å². The van der Waals surface area contributed by atoms with Crippen LogP contribution >= 0.6 is 22.6 Å². The Morgan fingerprint density at radius 1 is 1.82 bits per heavy atom. The molecule has 0 radical (unpaired) electrons. The largest absolute Gasteiger partial charge is 0.385 e. The Balaban J connectivity index is 2.56. The van der Waals surface area contributed by atoms with Crippen molar-refractivity contribution in [2.75, 3.05) is 0 Å². The molecule has 0 amide bonds. The van der Waals surface area contributed by atoms with Gasteiger partial charge in [0.15, 0.2) is 5.78 Å². The van der Waals surface area contributed by atoms with E-state index >= 15 is 0 Å². The van der Waals surface area contributed by atoms with Crippen molar-refractivity contribution in [2.24, 2.45) is 0 Å². The van der Waals surface area contributed by atoms with Gasteiger partial charge < -0.3 is 5.11 Å². The lowest BCUT2D eigenvalue weighted by atomic mass is 9.99. The Labute approximate surface area is 79.1 Å². The van der Waals surface area contributed by atoms with E-state index in [1.807, 2.05) is 10.2 Å². The van der Waals surface area contributed by atoms with Gasteiger partial charge in [-0.2, -0.15) is 0 Å². The van der Waals surface area contributed by atoms with Gasteiger partial charge in [-0.15, -0.1) is 0 Å². The van der Waals surface area contributed by atoms with Gasteiger partial charge >= 0.3 is 0 Å². The van der Waals surface area contributed by atoms with Crippen LogP contribution in [0.15, 0.2) is 22.3 Å². The number of halogens is 1. The van der Waals surface area contributed by atoms with Crippen molar-refractivity contribution >= 4 is 28.4 Å². The summed E-state index contributed by atoms with van der Waals surface area (Å²) in [6, 6.07) is 0. The quantitative estimate of drug-likeness (QED) is 0.769. The summed E-state index contributed by atoms with van der Waals surface area (Å²) < 4.78 is 1.84. The maximum absolute atomic E-state index is 10.7. The predicted octanol–water partition coefficient (Wildman–Crippen LogP) is 1.59. The van der Waals surface area contributed by atoms with E-state index in [4.69, 9.17) is 0 Å². The molecule has 3 heteroatoms. The molecule has 2 nitrogen and oxygen atoms in total. The lowest BCUT2D eigenvalue weighted by Gasteiger charge is -2.16. The first-order chi connectivity index (χ1) is 5.16. The molecule has 0 saturated heterocycles. The molecule has 0 aromatic rings. The smallest absolute Gasteiger partial charge is 0.158 e.